The number of ether oxygens (including phenoxy) is 2. The summed E-state index contributed by atoms with van der Waals surface area (Å²) in [7, 11) is 0. The van der Waals surface area contributed by atoms with Crippen LogP contribution in [0, 0.1) is 0 Å². The molecule has 2 aliphatic heterocycles. The van der Waals surface area contributed by atoms with Gasteiger partial charge < -0.3 is 20.5 Å². The summed E-state index contributed by atoms with van der Waals surface area (Å²) in [5.41, 5.74) is 7.25. The highest BCUT2D eigenvalue weighted by Crippen LogP contribution is 2.31. The molecule has 0 aliphatic carbocycles. The van der Waals surface area contributed by atoms with E-state index in [0.717, 1.165) is 44.0 Å². The topological polar surface area (TPSA) is 72.1 Å². The van der Waals surface area contributed by atoms with E-state index in [1.165, 1.54) is 0 Å². The van der Waals surface area contributed by atoms with Crippen LogP contribution in [-0.2, 0) is 4.74 Å². The monoisotopic (exact) mass is 446 g/mol. The van der Waals surface area contributed by atoms with Crippen molar-refractivity contribution in [3.05, 3.63) is 29.8 Å². The molecule has 0 radical (unpaired) electrons. The van der Waals surface area contributed by atoms with Crippen LogP contribution in [0.4, 0.5) is 0 Å². The summed E-state index contributed by atoms with van der Waals surface area (Å²) < 4.78 is 11.1. The minimum absolute atomic E-state index is 0. The van der Waals surface area contributed by atoms with Gasteiger partial charge in [-0.2, -0.15) is 0 Å². The molecule has 0 saturated carbocycles. The zero-order valence-electron chi connectivity index (χ0n) is 14.1. The molecule has 1 aromatic rings. The molecule has 2 atom stereocenters. The molecular weight excluding hydrogens is 419 g/mol. The maximum absolute atomic E-state index is 6.09. The van der Waals surface area contributed by atoms with E-state index >= 15 is 0 Å². The Morgan fingerprint density at radius 2 is 2.08 bits per heavy atom. The molecule has 3 N–H and O–H groups in total. The molecule has 1 aromatic carbocycles. The second kappa shape index (κ2) is 9.43. The minimum atomic E-state index is 0. The molecule has 2 heterocycles. The largest absolute Gasteiger partial charge is 0.493 e. The van der Waals surface area contributed by atoms with Crippen molar-refractivity contribution in [2.24, 2.45) is 10.7 Å². The van der Waals surface area contributed by atoms with Crippen molar-refractivity contribution in [1.29, 1.82) is 0 Å². The number of nitrogens with two attached hydrogens (primary N) is 1. The van der Waals surface area contributed by atoms with Gasteiger partial charge in [0.15, 0.2) is 5.96 Å². The van der Waals surface area contributed by atoms with Gasteiger partial charge >= 0.3 is 0 Å². The van der Waals surface area contributed by atoms with Crippen LogP contribution in [0.2, 0.25) is 0 Å². The van der Waals surface area contributed by atoms with Crippen molar-refractivity contribution in [3.8, 4) is 5.75 Å². The zero-order valence-corrected chi connectivity index (χ0v) is 16.4. The standard InChI is InChI=1S/C17H26N4O2.HI/c1-13(21-7-10-22-11-8-21)12-19-17(18)20-15-6-9-23-16-5-3-2-4-14(15)16;/h2-5,13,15H,6-12H2,1H3,(H3,18,19,20);1H. The highest BCUT2D eigenvalue weighted by molar-refractivity contribution is 14.0. The molecule has 0 bridgehead atoms. The van der Waals surface area contributed by atoms with E-state index in [9.17, 15) is 0 Å². The van der Waals surface area contributed by atoms with E-state index in [0.29, 0.717) is 25.2 Å². The van der Waals surface area contributed by atoms with Gasteiger partial charge in [-0.3, -0.25) is 9.89 Å². The second-order valence-corrected chi connectivity index (χ2v) is 6.10. The predicted molar refractivity (Wildman–Crippen MR) is 106 cm³/mol. The van der Waals surface area contributed by atoms with Crippen molar-refractivity contribution < 1.29 is 9.47 Å². The fourth-order valence-electron chi connectivity index (χ4n) is 3.08. The molecule has 24 heavy (non-hydrogen) atoms. The number of hydrogen-bond acceptors (Lipinski definition) is 4. The molecule has 1 fully saturated rings. The molecule has 7 heteroatoms. The lowest BCUT2D eigenvalue weighted by atomic mass is 10.0. The Balaban J connectivity index is 0.00000208. The summed E-state index contributed by atoms with van der Waals surface area (Å²) in [4.78, 5) is 6.92. The number of halogens is 1. The molecule has 1 saturated heterocycles. The Hall–Kier alpha value is -1.06. The Morgan fingerprint density at radius 1 is 1.33 bits per heavy atom. The molecule has 6 nitrogen and oxygen atoms in total. The number of benzene rings is 1. The number of nitrogens with zero attached hydrogens (tertiary/aromatic N) is 2. The third kappa shape index (κ3) is 4.97. The number of para-hydroxylation sites is 1. The van der Waals surface area contributed by atoms with Gasteiger partial charge in [-0.05, 0) is 13.0 Å². The van der Waals surface area contributed by atoms with Gasteiger partial charge in [-0.1, -0.05) is 18.2 Å². The van der Waals surface area contributed by atoms with E-state index in [4.69, 9.17) is 15.2 Å². The Kier molecular flexibility index (Phi) is 7.57. The normalized spacial score (nSPS) is 22.7. The van der Waals surface area contributed by atoms with Crippen LogP contribution in [0.3, 0.4) is 0 Å². The predicted octanol–water partition coefficient (Wildman–Crippen LogP) is 1.75. The van der Waals surface area contributed by atoms with Crippen LogP contribution in [0.5, 0.6) is 5.75 Å². The number of hydrogen-bond donors (Lipinski definition) is 2. The fraction of sp³-hybridized carbons (Fsp3) is 0.588. The maximum Gasteiger partial charge on any atom is 0.189 e. The molecule has 0 amide bonds. The van der Waals surface area contributed by atoms with Crippen LogP contribution < -0.4 is 15.8 Å². The third-order valence-electron chi connectivity index (χ3n) is 4.48. The number of nitrogens with one attached hydrogen (secondary N) is 1. The molecular formula is C17H27IN4O2. The van der Waals surface area contributed by atoms with E-state index in [-0.39, 0.29) is 30.0 Å². The number of morpholine rings is 1. The van der Waals surface area contributed by atoms with Crippen molar-refractivity contribution in [2.75, 3.05) is 39.5 Å². The van der Waals surface area contributed by atoms with Gasteiger partial charge in [0.2, 0.25) is 0 Å². The first-order valence-electron chi connectivity index (χ1n) is 8.34. The summed E-state index contributed by atoms with van der Waals surface area (Å²) in [5, 5.41) is 3.34. The average Bonchev–Trinajstić information content (AvgIpc) is 2.61. The lowest BCUT2D eigenvalue weighted by Crippen LogP contribution is -2.44. The van der Waals surface area contributed by atoms with E-state index < -0.39 is 0 Å². The summed E-state index contributed by atoms with van der Waals surface area (Å²) >= 11 is 0. The summed E-state index contributed by atoms with van der Waals surface area (Å²) in [6.45, 7) is 7.14. The fourth-order valence-corrected chi connectivity index (χ4v) is 3.08. The smallest absolute Gasteiger partial charge is 0.189 e. The Morgan fingerprint density at radius 3 is 2.88 bits per heavy atom. The Bertz CT molecular complexity index is 549. The van der Waals surface area contributed by atoms with Gasteiger partial charge in [-0.15, -0.1) is 24.0 Å². The number of guanidine groups is 1. The first kappa shape index (κ1) is 19.3. The molecule has 2 aliphatic rings. The lowest BCUT2D eigenvalue weighted by molar-refractivity contribution is 0.0220. The zero-order chi connectivity index (χ0) is 16.1. The summed E-state index contributed by atoms with van der Waals surface area (Å²) in [5.74, 6) is 1.44. The summed E-state index contributed by atoms with van der Waals surface area (Å²) in [6.07, 6.45) is 0.895. The molecule has 0 spiro atoms. The van der Waals surface area contributed by atoms with E-state index in [2.05, 4.69) is 28.2 Å². The van der Waals surface area contributed by atoms with Gasteiger partial charge in [0, 0.05) is 31.1 Å². The molecule has 0 aromatic heterocycles. The summed E-state index contributed by atoms with van der Waals surface area (Å²) in [6, 6.07) is 8.63. The second-order valence-electron chi connectivity index (χ2n) is 6.10. The van der Waals surface area contributed by atoms with Crippen LogP contribution in [0.1, 0.15) is 24.9 Å². The highest BCUT2D eigenvalue weighted by Gasteiger charge is 2.21. The minimum Gasteiger partial charge on any atom is -0.493 e. The number of fused-ring (bicyclic) bond motifs is 1. The van der Waals surface area contributed by atoms with Gasteiger partial charge in [0.1, 0.15) is 5.75 Å². The van der Waals surface area contributed by atoms with Crippen molar-refractivity contribution in [1.82, 2.24) is 10.2 Å². The van der Waals surface area contributed by atoms with Crippen LogP contribution in [0.15, 0.2) is 29.3 Å². The number of rotatable bonds is 4. The molecule has 3 rings (SSSR count). The van der Waals surface area contributed by atoms with Gasteiger partial charge in [-0.25, -0.2) is 0 Å². The average molecular weight is 446 g/mol. The quantitative estimate of drug-likeness (QED) is 0.419. The molecule has 2 unspecified atom stereocenters. The van der Waals surface area contributed by atoms with E-state index in [1.807, 2.05) is 18.2 Å². The van der Waals surface area contributed by atoms with E-state index in [1.54, 1.807) is 0 Å². The van der Waals surface area contributed by atoms with Crippen molar-refractivity contribution in [2.45, 2.75) is 25.4 Å². The SMILES string of the molecule is CC(CN=C(N)NC1CCOc2ccccc21)N1CCOCC1.I. The Labute approximate surface area is 160 Å². The molecule has 134 valence electrons. The van der Waals surface area contributed by atoms with Crippen molar-refractivity contribution in [3.63, 3.8) is 0 Å². The van der Waals surface area contributed by atoms with Crippen LogP contribution >= 0.6 is 24.0 Å². The first-order chi connectivity index (χ1) is 11.2. The maximum atomic E-state index is 6.09. The highest BCUT2D eigenvalue weighted by atomic mass is 127. The van der Waals surface area contributed by atoms with Crippen LogP contribution in [-0.4, -0.2) is 56.4 Å². The van der Waals surface area contributed by atoms with Gasteiger partial charge in [0.05, 0.1) is 32.4 Å². The number of aliphatic imine (C=N–C) groups is 1. The van der Waals surface area contributed by atoms with Gasteiger partial charge in [0.25, 0.3) is 0 Å². The lowest BCUT2D eigenvalue weighted by Gasteiger charge is -2.31. The third-order valence-corrected chi connectivity index (χ3v) is 4.48. The van der Waals surface area contributed by atoms with Crippen molar-refractivity contribution >= 4 is 29.9 Å². The van der Waals surface area contributed by atoms with Crippen LogP contribution in [0.25, 0.3) is 0 Å². The first-order valence-corrected chi connectivity index (χ1v) is 8.34.